The van der Waals surface area contributed by atoms with Gasteiger partial charge in [-0.3, -0.25) is 9.36 Å². The van der Waals surface area contributed by atoms with Gasteiger partial charge in [-0.05, 0) is 78.2 Å². The average molecular weight is 602 g/mol. The van der Waals surface area contributed by atoms with E-state index >= 15 is 0 Å². The topological polar surface area (TPSA) is 31.9 Å². The van der Waals surface area contributed by atoms with Crippen molar-refractivity contribution in [1.82, 2.24) is 13.7 Å². The smallest absolute Gasteiger partial charge is 0.263 e. The van der Waals surface area contributed by atoms with Crippen molar-refractivity contribution in [2.45, 2.75) is 0 Å². The van der Waals surface area contributed by atoms with Gasteiger partial charge in [-0.1, -0.05) is 91.0 Å². The highest BCUT2D eigenvalue weighted by molar-refractivity contribution is 6.18. The van der Waals surface area contributed by atoms with Gasteiger partial charge >= 0.3 is 0 Å². The van der Waals surface area contributed by atoms with Gasteiger partial charge in [0.05, 0.1) is 38.7 Å². The SMILES string of the molecule is O=c1c2cc3c(cc2c2ccccc2n1-c1ccc2c(c1)c1ccccc1n2-c1ccccc1)c1ccccc1n3-c1ccccc1. The van der Waals surface area contributed by atoms with Crippen molar-refractivity contribution in [3.63, 3.8) is 0 Å². The van der Waals surface area contributed by atoms with Crippen LogP contribution in [0.1, 0.15) is 0 Å². The van der Waals surface area contributed by atoms with Crippen molar-refractivity contribution in [1.29, 1.82) is 0 Å². The summed E-state index contributed by atoms with van der Waals surface area (Å²) in [4.78, 5) is 14.8. The van der Waals surface area contributed by atoms with E-state index in [-0.39, 0.29) is 5.56 Å². The van der Waals surface area contributed by atoms with Crippen molar-refractivity contribution < 1.29 is 0 Å². The van der Waals surface area contributed by atoms with Crippen LogP contribution in [0.3, 0.4) is 0 Å². The first kappa shape index (κ1) is 25.9. The number of fused-ring (bicyclic) bond motifs is 9. The maximum Gasteiger partial charge on any atom is 0.263 e. The maximum absolute atomic E-state index is 14.8. The van der Waals surface area contributed by atoms with Gasteiger partial charge in [0.1, 0.15) is 0 Å². The van der Waals surface area contributed by atoms with E-state index in [4.69, 9.17) is 0 Å². The third-order valence-corrected chi connectivity index (χ3v) is 9.62. The molecule has 0 aliphatic heterocycles. The van der Waals surface area contributed by atoms with Gasteiger partial charge in [-0.15, -0.1) is 0 Å². The minimum atomic E-state index is -0.0309. The maximum atomic E-state index is 14.8. The quantitative estimate of drug-likeness (QED) is 0.185. The van der Waals surface area contributed by atoms with E-state index in [2.05, 4.69) is 155 Å². The molecule has 0 spiro atoms. The second-order valence-corrected chi connectivity index (χ2v) is 12.2. The predicted molar refractivity (Wildman–Crippen MR) is 196 cm³/mol. The lowest BCUT2D eigenvalue weighted by Gasteiger charge is -2.15. The van der Waals surface area contributed by atoms with Crippen LogP contribution in [0.5, 0.6) is 0 Å². The molecule has 0 atom stereocenters. The molecule has 0 amide bonds. The second kappa shape index (κ2) is 9.80. The summed E-state index contributed by atoms with van der Waals surface area (Å²) in [5.41, 5.74) is 8.27. The molecule has 3 heterocycles. The van der Waals surface area contributed by atoms with Crippen LogP contribution >= 0.6 is 0 Å². The lowest BCUT2D eigenvalue weighted by Crippen LogP contribution is -2.19. The molecule has 0 fully saturated rings. The molecule has 4 nitrogen and oxygen atoms in total. The third-order valence-electron chi connectivity index (χ3n) is 9.62. The number of hydrogen-bond donors (Lipinski definition) is 0. The molecule has 10 aromatic rings. The van der Waals surface area contributed by atoms with Crippen molar-refractivity contribution in [2.75, 3.05) is 0 Å². The van der Waals surface area contributed by atoms with E-state index in [1.54, 1.807) is 0 Å². The van der Waals surface area contributed by atoms with Crippen LogP contribution in [0.25, 0.3) is 82.3 Å². The monoisotopic (exact) mass is 601 g/mol. The molecule has 0 aliphatic rings. The lowest BCUT2D eigenvalue weighted by molar-refractivity contribution is 1.06. The molecular formula is C43H27N3O. The Morgan fingerprint density at radius 3 is 1.32 bits per heavy atom. The highest BCUT2D eigenvalue weighted by atomic mass is 16.1. The highest BCUT2D eigenvalue weighted by Gasteiger charge is 2.19. The molecule has 3 aromatic heterocycles. The summed E-state index contributed by atoms with van der Waals surface area (Å²) in [6.07, 6.45) is 0. The van der Waals surface area contributed by atoms with Gasteiger partial charge in [0.15, 0.2) is 0 Å². The Balaban J connectivity index is 1.31. The fourth-order valence-electron chi connectivity index (χ4n) is 7.61. The van der Waals surface area contributed by atoms with Crippen molar-refractivity contribution in [3.05, 3.63) is 174 Å². The summed E-state index contributed by atoms with van der Waals surface area (Å²) < 4.78 is 6.47. The fraction of sp³-hybridized carbons (Fsp3) is 0. The van der Waals surface area contributed by atoms with Crippen LogP contribution < -0.4 is 5.56 Å². The molecule has 0 unspecified atom stereocenters. The molecule has 0 bridgehead atoms. The summed E-state index contributed by atoms with van der Waals surface area (Å²) in [5.74, 6) is 0. The molecule has 7 aromatic carbocycles. The summed E-state index contributed by atoms with van der Waals surface area (Å²) >= 11 is 0. The van der Waals surface area contributed by atoms with E-state index in [1.807, 2.05) is 22.8 Å². The standard InChI is InChI=1S/C43H27N3O/c47-43-37-27-42-36(33-19-9-11-21-39(33)45(42)29-15-5-2-6-16-29)26-34(37)31-17-7-12-22-40(31)46(43)30-23-24-41-35(25-30)32-18-8-10-20-38(32)44(41)28-13-3-1-4-14-28/h1-27H. The van der Waals surface area contributed by atoms with Gasteiger partial charge < -0.3 is 9.13 Å². The zero-order valence-electron chi connectivity index (χ0n) is 25.3. The molecule has 4 heteroatoms. The van der Waals surface area contributed by atoms with Gasteiger partial charge in [-0.2, -0.15) is 0 Å². The predicted octanol–water partition coefficient (Wildman–Crippen LogP) is 10.3. The Kier molecular flexibility index (Phi) is 5.40. The number of pyridine rings is 1. The molecular weight excluding hydrogens is 574 g/mol. The average Bonchev–Trinajstić information content (AvgIpc) is 3.64. The van der Waals surface area contributed by atoms with Crippen molar-refractivity contribution in [3.8, 4) is 17.1 Å². The summed E-state index contributed by atoms with van der Waals surface area (Å²) in [6, 6.07) is 56.8. The number of hydrogen-bond acceptors (Lipinski definition) is 1. The van der Waals surface area contributed by atoms with Crippen LogP contribution in [0.4, 0.5) is 0 Å². The van der Waals surface area contributed by atoms with Crippen LogP contribution in [-0.4, -0.2) is 13.7 Å². The minimum Gasteiger partial charge on any atom is -0.309 e. The zero-order chi connectivity index (χ0) is 31.1. The van der Waals surface area contributed by atoms with Gasteiger partial charge in [0.2, 0.25) is 0 Å². The summed E-state index contributed by atoms with van der Waals surface area (Å²) in [7, 11) is 0. The largest absolute Gasteiger partial charge is 0.309 e. The Bertz CT molecular complexity index is 2910. The van der Waals surface area contributed by atoms with Gasteiger partial charge in [-0.25, -0.2) is 0 Å². The Morgan fingerprint density at radius 1 is 0.277 bits per heavy atom. The van der Waals surface area contributed by atoms with E-state index in [1.165, 1.54) is 5.39 Å². The van der Waals surface area contributed by atoms with E-state index < -0.39 is 0 Å². The van der Waals surface area contributed by atoms with Crippen molar-refractivity contribution >= 4 is 65.3 Å². The first-order valence-electron chi connectivity index (χ1n) is 15.9. The van der Waals surface area contributed by atoms with Crippen LogP contribution in [0.2, 0.25) is 0 Å². The number of benzene rings is 7. The van der Waals surface area contributed by atoms with Gasteiger partial charge in [0.25, 0.3) is 5.56 Å². The van der Waals surface area contributed by atoms with Crippen LogP contribution in [0, 0.1) is 0 Å². The molecule has 220 valence electrons. The number of nitrogens with zero attached hydrogens (tertiary/aromatic N) is 3. The molecule has 0 aliphatic carbocycles. The molecule has 0 N–H and O–H groups in total. The number of rotatable bonds is 3. The minimum absolute atomic E-state index is 0.0309. The Morgan fingerprint density at radius 2 is 0.723 bits per heavy atom. The van der Waals surface area contributed by atoms with E-state index in [9.17, 15) is 4.79 Å². The molecule has 47 heavy (non-hydrogen) atoms. The Labute approximate surface area is 269 Å². The van der Waals surface area contributed by atoms with Crippen molar-refractivity contribution in [2.24, 2.45) is 0 Å². The summed E-state index contributed by atoms with van der Waals surface area (Å²) in [6.45, 7) is 0. The van der Waals surface area contributed by atoms with Crippen LogP contribution in [-0.2, 0) is 0 Å². The van der Waals surface area contributed by atoms with Crippen LogP contribution in [0.15, 0.2) is 169 Å². The molecule has 0 saturated carbocycles. The zero-order valence-corrected chi connectivity index (χ0v) is 25.3. The fourth-order valence-corrected chi connectivity index (χ4v) is 7.61. The number of para-hydroxylation sites is 5. The normalized spacial score (nSPS) is 11.9. The highest BCUT2D eigenvalue weighted by Crippen LogP contribution is 2.37. The molecule has 10 rings (SSSR count). The van der Waals surface area contributed by atoms with E-state index in [0.717, 1.165) is 71.6 Å². The Hall–Kier alpha value is -6.39. The lowest BCUT2D eigenvalue weighted by atomic mass is 10.0. The molecule has 0 saturated heterocycles. The summed E-state index contributed by atoms with van der Waals surface area (Å²) in [5, 5.41) is 7.27. The van der Waals surface area contributed by atoms with E-state index in [0.29, 0.717) is 5.39 Å². The number of aromatic nitrogens is 3. The first-order valence-corrected chi connectivity index (χ1v) is 15.9. The molecule has 0 radical (unpaired) electrons. The van der Waals surface area contributed by atoms with Gasteiger partial charge in [0, 0.05) is 38.3 Å². The third kappa shape index (κ3) is 3.67. The first-order chi connectivity index (χ1) is 23.3. The second-order valence-electron chi connectivity index (χ2n) is 12.2.